The van der Waals surface area contributed by atoms with E-state index in [0.29, 0.717) is 3.57 Å². The molecule has 0 bridgehead atoms. The van der Waals surface area contributed by atoms with Crippen LogP contribution in [0.25, 0.3) is 0 Å². The first-order valence-corrected chi connectivity index (χ1v) is 9.42. The first kappa shape index (κ1) is 23.5. The number of hydrazone groups is 1. The van der Waals surface area contributed by atoms with E-state index in [9.17, 15) is 30.7 Å². The van der Waals surface area contributed by atoms with Crippen LogP contribution in [0, 0.1) is 42.8 Å². The Morgan fingerprint density at radius 1 is 1.07 bits per heavy atom. The van der Waals surface area contributed by atoms with Crippen molar-refractivity contribution in [2.24, 2.45) is 5.10 Å². The summed E-state index contributed by atoms with van der Waals surface area (Å²) >= 11 is 3.91. The molecule has 0 aliphatic heterocycles. The molecule has 0 fully saturated rings. The average molecular weight is 642 g/mol. The van der Waals surface area contributed by atoms with Crippen LogP contribution in [0.3, 0.4) is 0 Å². The van der Waals surface area contributed by atoms with Gasteiger partial charge in [0.05, 0.1) is 9.78 Å². The Morgan fingerprint density at radius 3 is 2.17 bits per heavy atom. The topological polar surface area (TPSA) is 33.6 Å². The summed E-state index contributed by atoms with van der Waals surface area (Å²) in [4.78, 5) is 0. The van der Waals surface area contributed by atoms with Gasteiger partial charge in [0.25, 0.3) is 0 Å². The predicted octanol–water partition coefficient (Wildman–Crippen LogP) is 5.93. The average Bonchev–Trinajstić information content (AvgIpc) is 2.61. The van der Waals surface area contributed by atoms with Crippen molar-refractivity contribution in [3.63, 3.8) is 0 Å². The highest BCUT2D eigenvalue weighted by molar-refractivity contribution is 14.1. The van der Waals surface area contributed by atoms with Crippen molar-refractivity contribution in [3.05, 3.63) is 53.7 Å². The number of nitrogens with one attached hydrogen (secondary N) is 1. The molecule has 0 atom stereocenters. The van der Waals surface area contributed by atoms with E-state index < -0.39 is 40.7 Å². The second-order valence-electron chi connectivity index (χ2n) is 5.17. The molecule has 2 aromatic rings. The Bertz CT molecular complexity index is 988. The molecule has 0 saturated heterocycles. The summed E-state index contributed by atoms with van der Waals surface area (Å²) in [7, 11) is 0. The molecule has 0 aliphatic rings. The minimum Gasteiger partial charge on any atom is -0.479 e. The second kappa shape index (κ2) is 9.37. The summed E-state index contributed by atoms with van der Waals surface area (Å²) < 4.78 is 99.5. The van der Waals surface area contributed by atoms with Crippen LogP contribution in [0.1, 0.15) is 11.1 Å². The van der Waals surface area contributed by atoms with E-state index >= 15 is 0 Å². The number of nitrogens with zero attached hydrogens (tertiary/aromatic N) is 1. The van der Waals surface area contributed by atoms with Gasteiger partial charge in [0.2, 0.25) is 0 Å². The van der Waals surface area contributed by atoms with Crippen molar-refractivity contribution in [1.29, 1.82) is 0 Å². The normalized spacial score (nSPS) is 11.6. The molecule has 0 saturated carbocycles. The molecule has 154 valence electrons. The highest BCUT2D eigenvalue weighted by Crippen LogP contribution is 2.38. The largest absolute Gasteiger partial charge is 0.479 e. The molecule has 12 heteroatoms. The molecule has 0 amide bonds. The van der Waals surface area contributed by atoms with E-state index in [1.165, 1.54) is 0 Å². The molecule has 0 radical (unpaired) electrons. The number of rotatable bonds is 5. The first-order valence-electron chi connectivity index (χ1n) is 7.26. The highest BCUT2D eigenvalue weighted by Gasteiger charge is 2.42. The van der Waals surface area contributed by atoms with Crippen LogP contribution in [0.15, 0.2) is 17.2 Å². The van der Waals surface area contributed by atoms with Gasteiger partial charge in [-0.3, -0.25) is 5.43 Å². The first-order chi connectivity index (χ1) is 13.5. The second-order valence-corrected chi connectivity index (χ2v) is 7.58. The third-order valence-corrected chi connectivity index (χ3v) is 4.69. The minimum absolute atomic E-state index is 0.0938. The van der Waals surface area contributed by atoms with Crippen LogP contribution in [-0.2, 0) is 6.18 Å². The number of terminal acetylenes is 1. The Balaban J connectivity index is 2.43. The Morgan fingerprint density at radius 2 is 1.66 bits per heavy atom. The van der Waals surface area contributed by atoms with Crippen LogP contribution in [0.2, 0.25) is 0 Å². The quantitative estimate of drug-likeness (QED) is 0.110. The minimum atomic E-state index is -5.63. The third kappa shape index (κ3) is 5.24. The summed E-state index contributed by atoms with van der Waals surface area (Å²) in [5, 5.41) is 3.45. The summed E-state index contributed by atoms with van der Waals surface area (Å²) in [6, 6.07) is 3.29. The lowest BCUT2D eigenvalue weighted by Crippen LogP contribution is -2.16. The zero-order valence-electron chi connectivity index (χ0n) is 13.8. The van der Waals surface area contributed by atoms with Gasteiger partial charge in [0.15, 0.2) is 23.3 Å². The standard InChI is InChI=1S/C17H7F7I2N2O/c1-2-3-29-16-7(4-8(25)5-9(16)26)6-27-28-15-13(20)11(18)10(17(22,23)24)12(19)14(15)21/h1,4-6,28H,3H2/b27-6-. The lowest BCUT2D eigenvalue weighted by molar-refractivity contribution is -0.143. The third-order valence-electron chi connectivity index (χ3n) is 3.26. The SMILES string of the molecule is C#CCOc1c(I)cc(I)cc1/C=N\Nc1c(F)c(F)c(C(F)(F)F)c(F)c1F. The van der Waals surface area contributed by atoms with Gasteiger partial charge in [-0.2, -0.15) is 18.3 Å². The maximum atomic E-state index is 13.9. The lowest BCUT2D eigenvalue weighted by Gasteiger charge is -2.13. The summed E-state index contributed by atoms with van der Waals surface area (Å²) in [6.45, 7) is -0.0938. The molecule has 2 aromatic carbocycles. The number of hydrogen-bond donors (Lipinski definition) is 1. The lowest BCUT2D eigenvalue weighted by atomic mass is 10.1. The van der Waals surface area contributed by atoms with Crippen LogP contribution in [0.4, 0.5) is 36.4 Å². The van der Waals surface area contributed by atoms with Crippen molar-refractivity contribution in [2.45, 2.75) is 6.18 Å². The molecule has 0 heterocycles. The van der Waals surface area contributed by atoms with Crippen molar-refractivity contribution < 1.29 is 35.5 Å². The van der Waals surface area contributed by atoms with E-state index in [0.717, 1.165) is 9.78 Å². The molecule has 0 unspecified atom stereocenters. The fourth-order valence-corrected chi connectivity index (χ4v) is 4.13. The van der Waals surface area contributed by atoms with Gasteiger partial charge in [0.1, 0.15) is 23.6 Å². The fourth-order valence-electron chi connectivity index (χ4n) is 2.09. The molecule has 3 nitrogen and oxygen atoms in total. The predicted molar refractivity (Wildman–Crippen MR) is 109 cm³/mol. The van der Waals surface area contributed by atoms with Gasteiger partial charge in [-0.05, 0) is 57.3 Å². The molecule has 29 heavy (non-hydrogen) atoms. The Hall–Kier alpha value is -1.76. The molecule has 0 aliphatic carbocycles. The van der Waals surface area contributed by atoms with Gasteiger partial charge in [-0.15, -0.1) is 6.42 Å². The number of hydrogen-bond acceptors (Lipinski definition) is 3. The van der Waals surface area contributed by atoms with Crippen molar-refractivity contribution >= 4 is 57.1 Å². The summed E-state index contributed by atoms with van der Waals surface area (Å²) in [6.07, 6.45) is 0.503. The van der Waals surface area contributed by atoms with Gasteiger partial charge in [-0.25, -0.2) is 17.6 Å². The molecule has 0 spiro atoms. The van der Waals surface area contributed by atoms with Crippen LogP contribution in [-0.4, -0.2) is 12.8 Å². The van der Waals surface area contributed by atoms with Crippen molar-refractivity contribution in [3.8, 4) is 18.1 Å². The monoisotopic (exact) mass is 642 g/mol. The zero-order valence-corrected chi connectivity index (χ0v) is 18.1. The van der Waals surface area contributed by atoms with Crippen LogP contribution >= 0.6 is 45.2 Å². The molecular weight excluding hydrogens is 635 g/mol. The summed E-state index contributed by atoms with van der Waals surface area (Å²) in [5.74, 6) is -7.18. The highest BCUT2D eigenvalue weighted by atomic mass is 127. The van der Waals surface area contributed by atoms with Crippen molar-refractivity contribution in [2.75, 3.05) is 12.0 Å². The van der Waals surface area contributed by atoms with Gasteiger partial charge < -0.3 is 4.74 Å². The molecular formula is C17H7F7I2N2O. The van der Waals surface area contributed by atoms with E-state index in [1.807, 2.05) is 45.2 Å². The van der Waals surface area contributed by atoms with E-state index in [2.05, 4.69) is 11.0 Å². The van der Waals surface area contributed by atoms with Gasteiger partial charge >= 0.3 is 6.18 Å². The molecule has 1 N–H and O–H groups in total. The number of alkyl halides is 3. The smallest absolute Gasteiger partial charge is 0.422 e. The Kier molecular flexibility index (Phi) is 7.60. The summed E-state index contributed by atoms with van der Waals surface area (Å²) in [5.41, 5.74) is -2.21. The van der Waals surface area contributed by atoms with E-state index in [1.54, 1.807) is 17.6 Å². The van der Waals surface area contributed by atoms with Gasteiger partial charge in [-0.1, -0.05) is 5.92 Å². The molecule has 0 aromatic heterocycles. The van der Waals surface area contributed by atoms with E-state index in [-0.39, 0.29) is 17.9 Å². The van der Waals surface area contributed by atoms with Crippen molar-refractivity contribution in [1.82, 2.24) is 0 Å². The maximum Gasteiger partial charge on any atom is 0.422 e. The van der Waals surface area contributed by atoms with E-state index in [4.69, 9.17) is 11.2 Å². The maximum absolute atomic E-state index is 13.9. The fraction of sp³-hybridized carbons (Fsp3) is 0.118. The number of anilines is 1. The van der Waals surface area contributed by atoms with Gasteiger partial charge in [0, 0.05) is 9.13 Å². The van der Waals surface area contributed by atoms with Crippen LogP contribution < -0.4 is 10.2 Å². The molecule has 2 rings (SSSR count). The number of benzene rings is 2. The van der Waals surface area contributed by atoms with Crippen LogP contribution in [0.5, 0.6) is 5.75 Å². The number of halogens is 9. The number of ether oxygens (including phenoxy) is 1. The Labute approximate surface area is 187 Å². The zero-order chi connectivity index (χ0) is 21.9.